The Bertz CT molecular complexity index is 851. The Morgan fingerprint density at radius 3 is 2.46 bits per heavy atom. The van der Waals surface area contributed by atoms with Gasteiger partial charge in [0.05, 0.1) is 19.9 Å². The summed E-state index contributed by atoms with van der Waals surface area (Å²) in [7, 11) is 3.09. The smallest absolute Gasteiger partial charge is 0.322 e. The Kier molecular flexibility index (Phi) is 6.03. The number of nitrogens with one attached hydrogen (secondary N) is 2. The lowest BCUT2D eigenvalue weighted by atomic mass is 10.2. The van der Waals surface area contributed by atoms with Crippen molar-refractivity contribution >= 4 is 23.3 Å². The highest BCUT2D eigenvalue weighted by Crippen LogP contribution is 2.30. The van der Waals surface area contributed by atoms with Crippen LogP contribution in [0.3, 0.4) is 0 Å². The number of benzene rings is 2. The molecule has 148 valence electrons. The van der Waals surface area contributed by atoms with E-state index in [9.17, 15) is 9.59 Å². The van der Waals surface area contributed by atoms with E-state index in [2.05, 4.69) is 10.6 Å². The van der Waals surface area contributed by atoms with Crippen LogP contribution in [0.5, 0.6) is 11.5 Å². The van der Waals surface area contributed by atoms with Crippen molar-refractivity contribution in [2.75, 3.05) is 31.4 Å². The van der Waals surface area contributed by atoms with Crippen LogP contribution in [-0.2, 0) is 4.79 Å². The van der Waals surface area contributed by atoms with Gasteiger partial charge in [0.2, 0.25) is 5.91 Å². The molecule has 2 N–H and O–H groups in total. The molecule has 3 rings (SSSR count). The molecule has 0 aliphatic carbocycles. The van der Waals surface area contributed by atoms with Gasteiger partial charge >= 0.3 is 6.03 Å². The molecule has 0 bridgehead atoms. The van der Waals surface area contributed by atoms with Crippen LogP contribution in [-0.4, -0.2) is 43.6 Å². The fourth-order valence-corrected chi connectivity index (χ4v) is 3.24. The Labute approximate surface area is 164 Å². The third-order valence-corrected chi connectivity index (χ3v) is 4.78. The lowest BCUT2D eigenvalue weighted by molar-refractivity contribution is -0.119. The highest BCUT2D eigenvalue weighted by molar-refractivity contribution is 6.00. The molecule has 0 radical (unpaired) electrons. The van der Waals surface area contributed by atoms with Gasteiger partial charge in [-0.3, -0.25) is 4.79 Å². The second kappa shape index (κ2) is 8.65. The molecule has 1 saturated heterocycles. The van der Waals surface area contributed by atoms with E-state index >= 15 is 0 Å². The number of carbonyl (C=O) groups excluding carboxylic acids is 2. The molecule has 2 aromatic rings. The topological polar surface area (TPSA) is 79.9 Å². The maximum atomic E-state index is 12.9. The summed E-state index contributed by atoms with van der Waals surface area (Å²) in [4.78, 5) is 27.1. The largest absolute Gasteiger partial charge is 0.497 e. The summed E-state index contributed by atoms with van der Waals surface area (Å²) in [5.41, 5.74) is 2.33. The summed E-state index contributed by atoms with van der Waals surface area (Å²) < 4.78 is 10.5. The summed E-state index contributed by atoms with van der Waals surface area (Å²) in [5, 5.41) is 5.73. The van der Waals surface area contributed by atoms with Crippen molar-refractivity contribution in [3.05, 3.63) is 48.0 Å². The quantitative estimate of drug-likeness (QED) is 0.826. The molecular formula is C21H25N3O4. The van der Waals surface area contributed by atoms with Crippen molar-refractivity contribution in [3.8, 4) is 11.5 Å². The maximum Gasteiger partial charge on any atom is 0.322 e. The van der Waals surface area contributed by atoms with Crippen LogP contribution in [0.25, 0.3) is 0 Å². The fraction of sp³-hybridized carbons (Fsp3) is 0.333. The zero-order valence-electron chi connectivity index (χ0n) is 16.3. The maximum absolute atomic E-state index is 12.9. The third-order valence-electron chi connectivity index (χ3n) is 4.78. The van der Waals surface area contributed by atoms with Crippen molar-refractivity contribution in [1.82, 2.24) is 4.90 Å². The van der Waals surface area contributed by atoms with Gasteiger partial charge in [0.15, 0.2) is 0 Å². The number of hydrogen-bond donors (Lipinski definition) is 2. The van der Waals surface area contributed by atoms with E-state index in [1.54, 1.807) is 30.2 Å². The molecule has 1 aliphatic rings. The molecule has 0 saturated carbocycles. The van der Waals surface area contributed by atoms with Crippen molar-refractivity contribution < 1.29 is 19.1 Å². The number of likely N-dealkylation sites (tertiary alicyclic amines) is 1. The number of rotatable bonds is 5. The molecule has 2 aromatic carbocycles. The third kappa shape index (κ3) is 4.36. The molecule has 0 aromatic heterocycles. The molecule has 1 heterocycles. The number of urea groups is 1. The molecule has 3 amide bonds. The van der Waals surface area contributed by atoms with Gasteiger partial charge < -0.3 is 25.0 Å². The second-order valence-electron chi connectivity index (χ2n) is 6.70. The SMILES string of the molecule is COc1ccc(OC)c(NC(=O)[C@H]2CCCN2C(=O)Nc2ccc(C)cc2)c1. The molecule has 0 spiro atoms. The molecule has 1 atom stereocenters. The van der Waals surface area contributed by atoms with E-state index in [0.29, 0.717) is 35.8 Å². The lowest BCUT2D eigenvalue weighted by Gasteiger charge is -2.24. The molecular weight excluding hydrogens is 358 g/mol. The van der Waals surface area contributed by atoms with Crippen molar-refractivity contribution in [2.24, 2.45) is 0 Å². The van der Waals surface area contributed by atoms with Crippen molar-refractivity contribution in [3.63, 3.8) is 0 Å². The number of ether oxygens (including phenoxy) is 2. The number of aryl methyl sites for hydroxylation is 1. The summed E-state index contributed by atoms with van der Waals surface area (Å²) in [5.74, 6) is 0.891. The fourth-order valence-electron chi connectivity index (χ4n) is 3.24. The van der Waals surface area contributed by atoms with Crippen LogP contribution in [0.2, 0.25) is 0 Å². The summed E-state index contributed by atoms with van der Waals surface area (Å²) in [6.07, 6.45) is 1.38. The predicted molar refractivity (Wildman–Crippen MR) is 108 cm³/mol. The number of amides is 3. The molecule has 28 heavy (non-hydrogen) atoms. The first-order chi connectivity index (χ1) is 13.5. The Morgan fingerprint density at radius 1 is 1.04 bits per heavy atom. The number of nitrogens with zero attached hydrogens (tertiary/aromatic N) is 1. The molecule has 1 fully saturated rings. The van der Waals surface area contributed by atoms with Crippen LogP contribution in [0.1, 0.15) is 18.4 Å². The summed E-state index contributed by atoms with van der Waals surface area (Å²) >= 11 is 0. The van der Waals surface area contributed by atoms with E-state index in [0.717, 1.165) is 12.0 Å². The second-order valence-corrected chi connectivity index (χ2v) is 6.70. The molecule has 7 nitrogen and oxygen atoms in total. The van der Waals surface area contributed by atoms with Gasteiger partial charge in [-0.1, -0.05) is 17.7 Å². The Balaban J connectivity index is 1.70. The van der Waals surface area contributed by atoms with E-state index in [1.165, 1.54) is 7.11 Å². The first-order valence-electron chi connectivity index (χ1n) is 9.19. The van der Waals surface area contributed by atoms with Crippen LogP contribution in [0.15, 0.2) is 42.5 Å². The van der Waals surface area contributed by atoms with Gasteiger partial charge in [0, 0.05) is 18.3 Å². The predicted octanol–water partition coefficient (Wildman–Crippen LogP) is 3.65. The normalized spacial score (nSPS) is 15.8. The van der Waals surface area contributed by atoms with Crippen LogP contribution in [0, 0.1) is 6.92 Å². The van der Waals surface area contributed by atoms with Gasteiger partial charge in [-0.25, -0.2) is 4.79 Å². The molecule has 7 heteroatoms. The van der Waals surface area contributed by atoms with Gasteiger partial charge in [-0.15, -0.1) is 0 Å². The molecule has 1 aliphatic heterocycles. The van der Waals surface area contributed by atoms with E-state index in [-0.39, 0.29) is 11.9 Å². The van der Waals surface area contributed by atoms with Gasteiger partial charge in [0.25, 0.3) is 0 Å². The minimum atomic E-state index is -0.540. The first kappa shape index (κ1) is 19.5. The van der Waals surface area contributed by atoms with Crippen molar-refractivity contribution in [1.29, 1.82) is 0 Å². The minimum Gasteiger partial charge on any atom is -0.497 e. The van der Waals surface area contributed by atoms with E-state index in [1.807, 2.05) is 31.2 Å². The van der Waals surface area contributed by atoms with Crippen LogP contribution >= 0.6 is 0 Å². The number of anilines is 2. The van der Waals surface area contributed by atoms with Crippen molar-refractivity contribution in [2.45, 2.75) is 25.8 Å². The molecule has 0 unspecified atom stereocenters. The zero-order valence-corrected chi connectivity index (χ0v) is 16.3. The van der Waals surface area contributed by atoms with Gasteiger partial charge in [-0.2, -0.15) is 0 Å². The Hall–Kier alpha value is -3.22. The first-order valence-corrected chi connectivity index (χ1v) is 9.19. The van der Waals surface area contributed by atoms with E-state index < -0.39 is 6.04 Å². The highest BCUT2D eigenvalue weighted by Gasteiger charge is 2.34. The van der Waals surface area contributed by atoms with Crippen LogP contribution < -0.4 is 20.1 Å². The minimum absolute atomic E-state index is 0.247. The zero-order chi connectivity index (χ0) is 20.1. The Morgan fingerprint density at radius 2 is 1.79 bits per heavy atom. The summed E-state index contributed by atoms with van der Waals surface area (Å²) in [6.45, 7) is 2.52. The van der Waals surface area contributed by atoms with Gasteiger partial charge in [-0.05, 0) is 44.0 Å². The summed E-state index contributed by atoms with van der Waals surface area (Å²) in [6, 6.07) is 11.9. The van der Waals surface area contributed by atoms with E-state index in [4.69, 9.17) is 9.47 Å². The van der Waals surface area contributed by atoms with Crippen LogP contribution in [0.4, 0.5) is 16.2 Å². The number of carbonyl (C=O) groups is 2. The highest BCUT2D eigenvalue weighted by atomic mass is 16.5. The monoisotopic (exact) mass is 383 g/mol. The average Bonchev–Trinajstić information content (AvgIpc) is 3.20. The lowest BCUT2D eigenvalue weighted by Crippen LogP contribution is -2.45. The van der Waals surface area contributed by atoms with Gasteiger partial charge in [0.1, 0.15) is 17.5 Å². The number of methoxy groups -OCH3 is 2. The number of hydrogen-bond acceptors (Lipinski definition) is 4. The standard InChI is InChI=1S/C21H25N3O4/c1-14-6-8-15(9-7-14)22-21(26)24-12-4-5-18(24)20(25)23-17-13-16(27-2)10-11-19(17)28-3/h6-11,13,18H,4-5,12H2,1-3H3,(H,22,26)(H,23,25)/t18-/m1/s1. The average molecular weight is 383 g/mol.